The van der Waals surface area contributed by atoms with E-state index in [0.29, 0.717) is 6.61 Å². The van der Waals surface area contributed by atoms with Gasteiger partial charge in [0.05, 0.1) is 0 Å². The van der Waals surface area contributed by atoms with Crippen LogP contribution in [0.3, 0.4) is 0 Å². The van der Waals surface area contributed by atoms with E-state index >= 15 is 0 Å². The molecule has 1 aromatic carbocycles. The van der Waals surface area contributed by atoms with Crippen molar-refractivity contribution in [3.05, 3.63) is 42.3 Å². The van der Waals surface area contributed by atoms with Crippen LogP contribution in [-0.4, -0.2) is 12.1 Å². The first-order valence-corrected chi connectivity index (χ1v) is 5.63. The molecule has 0 heterocycles. The summed E-state index contributed by atoms with van der Waals surface area (Å²) in [6, 6.07) is 9.96. The van der Waals surface area contributed by atoms with E-state index in [1.54, 1.807) is 0 Å². The maximum absolute atomic E-state index is 11.4. The van der Waals surface area contributed by atoms with Crippen molar-refractivity contribution in [1.82, 2.24) is 5.32 Å². The van der Waals surface area contributed by atoms with E-state index in [1.165, 1.54) is 0 Å². The molecule has 1 aliphatic rings. The molecule has 0 aromatic heterocycles. The third-order valence-corrected chi connectivity index (χ3v) is 2.71. The second kappa shape index (κ2) is 5.54. The lowest BCUT2D eigenvalue weighted by Gasteiger charge is -2.11. The van der Waals surface area contributed by atoms with Gasteiger partial charge in [-0.15, -0.1) is 0 Å². The molecule has 0 saturated heterocycles. The van der Waals surface area contributed by atoms with Crippen LogP contribution in [-0.2, 0) is 11.3 Å². The summed E-state index contributed by atoms with van der Waals surface area (Å²) < 4.78 is 5.13. The summed E-state index contributed by atoms with van der Waals surface area (Å²) in [6.45, 7) is 0.336. The van der Waals surface area contributed by atoms with Gasteiger partial charge in [-0.2, -0.15) is 0 Å². The third-order valence-electron chi connectivity index (χ3n) is 2.71. The van der Waals surface area contributed by atoms with E-state index < -0.39 is 0 Å². The molecule has 1 fully saturated rings. The number of carbonyl (C=O) groups is 1. The Morgan fingerprint density at radius 1 is 1.38 bits per heavy atom. The molecule has 1 aromatic rings. The van der Waals surface area contributed by atoms with Gasteiger partial charge in [0.15, 0.2) is 0 Å². The summed E-state index contributed by atoms with van der Waals surface area (Å²) in [7, 11) is 0. The van der Waals surface area contributed by atoms with Crippen molar-refractivity contribution in [3.8, 4) is 0 Å². The number of nitrogens with one attached hydrogen (secondary N) is 1. The Morgan fingerprint density at radius 3 is 2.88 bits per heavy atom. The van der Waals surface area contributed by atoms with Gasteiger partial charge in [-0.3, -0.25) is 0 Å². The van der Waals surface area contributed by atoms with Crippen LogP contribution < -0.4 is 5.32 Å². The molecule has 0 unspecified atom stereocenters. The lowest BCUT2D eigenvalue weighted by molar-refractivity contribution is 0.136. The average molecular weight is 218 g/mol. The lowest BCUT2D eigenvalue weighted by atomic mass is 10.2. The fourth-order valence-electron chi connectivity index (χ4n) is 1.82. The molecule has 2 rings (SSSR count). The summed E-state index contributed by atoms with van der Waals surface area (Å²) in [5, 5.41) is 2.86. The van der Waals surface area contributed by atoms with Gasteiger partial charge >= 0.3 is 6.09 Å². The Hall–Kier alpha value is -1.51. The van der Waals surface area contributed by atoms with Crippen molar-refractivity contribution in [2.24, 2.45) is 0 Å². The monoisotopic (exact) mass is 218 g/mol. The normalized spacial score (nSPS) is 16.0. The van der Waals surface area contributed by atoms with Gasteiger partial charge in [0.1, 0.15) is 6.61 Å². The molecule has 1 aliphatic carbocycles. The molecule has 1 saturated carbocycles. The minimum atomic E-state index is -0.316. The molecule has 16 heavy (non-hydrogen) atoms. The molecule has 1 amide bonds. The molecule has 1 radical (unpaired) electrons. The number of benzene rings is 1. The predicted octanol–water partition coefficient (Wildman–Crippen LogP) is 2.67. The number of carbonyl (C=O) groups excluding carboxylic acids is 1. The second-order valence-electron chi connectivity index (χ2n) is 4.00. The van der Waals surface area contributed by atoms with E-state index in [0.717, 1.165) is 24.8 Å². The zero-order valence-electron chi connectivity index (χ0n) is 9.19. The largest absolute Gasteiger partial charge is 0.445 e. The zero-order valence-corrected chi connectivity index (χ0v) is 9.19. The molecule has 0 bridgehead atoms. The average Bonchev–Trinajstić information content (AvgIpc) is 2.81. The highest BCUT2D eigenvalue weighted by Crippen LogP contribution is 2.16. The van der Waals surface area contributed by atoms with Gasteiger partial charge in [-0.25, -0.2) is 4.79 Å². The summed E-state index contributed by atoms with van der Waals surface area (Å²) in [4.78, 5) is 11.4. The third kappa shape index (κ3) is 3.26. The van der Waals surface area contributed by atoms with Crippen LogP contribution >= 0.6 is 0 Å². The SMILES string of the molecule is O=C(N[C@H]1C[CH]CC1)OCc1ccccc1. The highest BCUT2D eigenvalue weighted by atomic mass is 16.5. The first-order valence-electron chi connectivity index (χ1n) is 5.63. The maximum atomic E-state index is 11.4. The van der Waals surface area contributed by atoms with Crippen LogP contribution in [0.15, 0.2) is 30.3 Å². The van der Waals surface area contributed by atoms with Crippen LogP contribution in [0.4, 0.5) is 4.79 Å². The van der Waals surface area contributed by atoms with E-state index in [4.69, 9.17) is 4.74 Å². The number of hydrogen-bond acceptors (Lipinski definition) is 2. The van der Waals surface area contributed by atoms with Crippen molar-refractivity contribution in [3.63, 3.8) is 0 Å². The second-order valence-corrected chi connectivity index (χ2v) is 4.00. The maximum Gasteiger partial charge on any atom is 0.407 e. The Balaban J connectivity index is 1.71. The molecule has 0 spiro atoms. The zero-order chi connectivity index (χ0) is 11.2. The molecule has 1 atom stereocenters. The van der Waals surface area contributed by atoms with Gasteiger partial charge in [0, 0.05) is 6.04 Å². The minimum absolute atomic E-state index is 0.267. The van der Waals surface area contributed by atoms with E-state index in [1.807, 2.05) is 30.3 Å². The van der Waals surface area contributed by atoms with Gasteiger partial charge in [0.25, 0.3) is 0 Å². The Bertz CT molecular complexity index is 331. The molecule has 0 aliphatic heterocycles. The smallest absolute Gasteiger partial charge is 0.407 e. The van der Waals surface area contributed by atoms with Gasteiger partial charge in [-0.1, -0.05) is 30.3 Å². The Morgan fingerprint density at radius 2 is 2.19 bits per heavy atom. The van der Waals surface area contributed by atoms with E-state index in [9.17, 15) is 4.79 Å². The number of ether oxygens (including phenoxy) is 1. The summed E-state index contributed by atoms with van der Waals surface area (Å²) >= 11 is 0. The highest BCUT2D eigenvalue weighted by Gasteiger charge is 2.17. The van der Waals surface area contributed by atoms with E-state index in [-0.39, 0.29) is 12.1 Å². The fourth-order valence-corrected chi connectivity index (χ4v) is 1.82. The number of amides is 1. The van der Waals surface area contributed by atoms with Crippen LogP contribution in [0.1, 0.15) is 24.8 Å². The van der Waals surface area contributed by atoms with Crippen molar-refractivity contribution in [2.45, 2.75) is 31.9 Å². The molecular formula is C13H16NO2. The topological polar surface area (TPSA) is 38.3 Å². The lowest BCUT2D eigenvalue weighted by Crippen LogP contribution is -2.32. The van der Waals surface area contributed by atoms with Gasteiger partial charge in [0.2, 0.25) is 0 Å². The summed E-state index contributed by atoms with van der Waals surface area (Å²) in [6.07, 6.45) is 4.95. The van der Waals surface area contributed by atoms with Crippen molar-refractivity contribution >= 4 is 6.09 Å². The quantitative estimate of drug-likeness (QED) is 0.847. The first-order chi connectivity index (χ1) is 7.84. The van der Waals surface area contributed by atoms with Crippen molar-refractivity contribution in [1.29, 1.82) is 0 Å². The number of hydrogen-bond donors (Lipinski definition) is 1. The number of alkyl carbamates (subject to hydrolysis) is 1. The Kier molecular flexibility index (Phi) is 3.81. The molecular weight excluding hydrogens is 202 g/mol. The molecule has 3 nitrogen and oxygen atoms in total. The summed E-state index contributed by atoms with van der Waals surface area (Å²) in [5.74, 6) is 0. The molecule has 85 valence electrons. The van der Waals surface area contributed by atoms with Crippen molar-refractivity contribution in [2.75, 3.05) is 0 Å². The Labute approximate surface area is 95.8 Å². The number of rotatable bonds is 3. The van der Waals surface area contributed by atoms with Gasteiger partial charge in [-0.05, 0) is 31.2 Å². The molecule has 1 N–H and O–H groups in total. The van der Waals surface area contributed by atoms with Crippen LogP contribution in [0.25, 0.3) is 0 Å². The van der Waals surface area contributed by atoms with E-state index in [2.05, 4.69) is 11.7 Å². The van der Waals surface area contributed by atoms with Crippen LogP contribution in [0.5, 0.6) is 0 Å². The van der Waals surface area contributed by atoms with Gasteiger partial charge < -0.3 is 10.1 Å². The molecule has 3 heteroatoms. The predicted molar refractivity (Wildman–Crippen MR) is 61.7 cm³/mol. The van der Waals surface area contributed by atoms with Crippen LogP contribution in [0.2, 0.25) is 0 Å². The van der Waals surface area contributed by atoms with Crippen LogP contribution in [0, 0.1) is 6.42 Å². The minimum Gasteiger partial charge on any atom is -0.445 e. The first kappa shape index (κ1) is 11.0. The standard InChI is InChI=1S/C13H16NO2/c15-13(14-12-8-4-5-9-12)16-10-11-6-2-1-3-7-11/h1-4,6-7,12H,5,8-10H2,(H,14,15)/t12-/m0/s1. The summed E-state index contributed by atoms with van der Waals surface area (Å²) in [5.41, 5.74) is 1.01. The fraction of sp³-hybridized carbons (Fsp3) is 0.385. The highest BCUT2D eigenvalue weighted by molar-refractivity contribution is 5.67. The van der Waals surface area contributed by atoms with Crippen molar-refractivity contribution < 1.29 is 9.53 Å².